The molecule has 0 N–H and O–H groups in total. The van der Waals surface area contributed by atoms with E-state index in [9.17, 15) is 9.59 Å². The molecule has 2 rings (SSSR count). The van der Waals surface area contributed by atoms with Crippen LogP contribution in [0.5, 0.6) is 11.5 Å². The SMILES string of the molecule is COc1ccc(C(=O)CC(=O)c2ccc(C)cc2)cc1OC. The van der Waals surface area contributed by atoms with Crippen LogP contribution in [-0.2, 0) is 0 Å². The highest BCUT2D eigenvalue weighted by Gasteiger charge is 2.15. The number of ketones is 2. The van der Waals surface area contributed by atoms with Gasteiger partial charge in [0.2, 0.25) is 0 Å². The smallest absolute Gasteiger partial charge is 0.170 e. The van der Waals surface area contributed by atoms with E-state index in [1.807, 2.05) is 19.1 Å². The molecule has 0 saturated heterocycles. The largest absolute Gasteiger partial charge is 0.493 e. The summed E-state index contributed by atoms with van der Waals surface area (Å²) in [6.07, 6.45) is -0.168. The lowest BCUT2D eigenvalue weighted by Crippen LogP contribution is -2.09. The highest BCUT2D eigenvalue weighted by molar-refractivity contribution is 6.13. The molecule has 0 fully saturated rings. The molecule has 0 amide bonds. The van der Waals surface area contributed by atoms with Crippen molar-refractivity contribution >= 4 is 11.6 Å². The fourth-order valence-corrected chi connectivity index (χ4v) is 2.10. The van der Waals surface area contributed by atoms with Gasteiger partial charge in [0.25, 0.3) is 0 Å². The normalized spacial score (nSPS) is 10.1. The minimum Gasteiger partial charge on any atom is -0.493 e. The molecule has 2 aromatic carbocycles. The minimum atomic E-state index is -0.244. The van der Waals surface area contributed by atoms with Gasteiger partial charge in [-0.25, -0.2) is 0 Å². The van der Waals surface area contributed by atoms with Crippen molar-refractivity contribution in [3.8, 4) is 11.5 Å². The van der Waals surface area contributed by atoms with E-state index in [0.29, 0.717) is 22.6 Å². The lowest BCUT2D eigenvalue weighted by Gasteiger charge is -2.09. The number of hydrogen-bond donors (Lipinski definition) is 0. The van der Waals surface area contributed by atoms with E-state index >= 15 is 0 Å². The van der Waals surface area contributed by atoms with Crippen LogP contribution in [0.3, 0.4) is 0 Å². The third-order valence-corrected chi connectivity index (χ3v) is 3.40. The summed E-state index contributed by atoms with van der Waals surface area (Å²) in [4.78, 5) is 24.4. The molecular formula is C18H18O4. The maximum atomic E-state index is 12.2. The molecular weight excluding hydrogens is 280 g/mol. The van der Waals surface area contributed by atoms with Gasteiger partial charge in [0.1, 0.15) is 0 Å². The third kappa shape index (κ3) is 3.52. The number of rotatable bonds is 6. The Morgan fingerprint density at radius 1 is 0.818 bits per heavy atom. The van der Waals surface area contributed by atoms with Gasteiger partial charge in [-0.2, -0.15) is 0 Å². The lowest BCUT2D eigenvalue weighted by atomic mass is 10.0. The molecule has 0 saturated carbocycles. The van der Waals surface area contributed by atoms with Crippen LogP contribution in [-0.4, -0.2) is 25.8 Å². The summed E-state index contributed by atoms with van der Waals surface area (Å²) in [7, 11) is 3.03. The molecule has 0 heterocycles. The van der Waals surface area contributed by atoms with Crippen LogP contribution in [0.15, 0.2) is 42.5 Å². The summed E-state index contributed by atoms with van der Waals surface area (Å²) in [5.74, 6) is 0.575. The quantitative estimate of drug-likeness (QED) is 0.605. The highest BCUT2D eigenvalue weighted by atomic mass is 16.5. The third-order valence-electron chi connectivity index (χ3n) is 3.40. The predicted molar refractivity (Wildman–Crippen MR) is 84.0 cm³/mol. The molecule has 0 aliphatic carbocycles. The van der Waals surface area contributed by atoms with Crippen LogP contribution in [0, 0.1) is 6.92 Å². The van der Waals surface area contributed by atoms with Crippen LogP contribution in [0.4, 0.5) is 0 Å². The van der Waals surface area contributed by atoms with Crippen LogP contribution in [0.2, 0.25) is 0 Å². The zero-order valence-corrected chi connectivity index (χ0v) is 12.9. The van der Waals surface area contributed by atoms with Crippen molar-refractivity contribution in [2.75, 3.05) is 14.2 Å². The van der Waals surface area contributed by atoms with E-state index in [4.69, 9.17) is 9.47 Å². The molecule has 0 unspecified atom stereocenters. The van der Waals surface area contributed by atoms with Gasteiger partial charge in [0.15, 0.2) is 23.1 Å². The summed E-state index contributed by atoms with van der Waals surface area (Å²) < 4.78 is 10.3. The van der Waals surface area contributed by atoms with Crippen molar-refractivity contribution in [2.24, 2.45) is 0 Å². The lowest BCUT2D eigenvalue weighted by molar-refractivity contribution is 0.0894. The van der Waals surface area contributed by atoms with Crippen LogP contribution in [0.1, 0.15) is 32.7 Å². The number of aryl methyl sites for hydroxylation is 1. The summed E-state index contributed by atoms with van der Waals surface area (Å²) in [5.41, 5.74) is 2.04. The zero-order chi connectivity index (χ0) is 16.1. The number of Topliss-reactive ketones (excluding diaryl/α,β-unsaturated/α-hetero) is 2. The van der Waals surface area contributed by atoms with E-state index in [0.717, 1.165) is 5.56 Å². The molecule has 0 radical (unpaired) electrons. The Balaban J connectivity index is 2.15. The van der Waals surface area contributed by atoms with Gasteiger partial charge in [-0.05, 0) is 25.1 Å². The fraction of sp³-hybridized carbons (Fsp3) is 0.222. The molecule has 0 atom stereocenters. The molecule has 0 aliphatic heterocycles. The molecule has 114 valence electrons. The molecule has 0 bridgehead atoms. The number of benzene rings is 2. The van der Waals surface area contributed by atoms with Crippen molar-refractivity contribution in [1.29, 1.82) is 0 Å². The van der Waals surface area contributed by atoms with Gasteiger partial charge >= 0.3 is 0 Å². The number of hydrogen-bond acceptors (Lipinski definition) is 4. The summed E-state index contributed by atoms with van der Waals surface area (Å²) in [6.45, 7) is 1.95. The molecule has 4 heteroatoms. The first-order chi connectivity index (χ1) is 10.5. The Hall–Kier alpha value is -2.62. The van der Waals surface area contributed by atoms with Gasteiger partial charge in [0.05, 0.1) is 20.6 Å². The Labute approximate surface area is 129 Å². The summed E-state index contributed by atoms with van der Waals surface area (Å²) in [6, 6.07) is 12.1. The summed E-state index contributed by atoms with van der Waals surface area (Å²) >= 11 is 0. The topological polar surface area (TPSA) is 52.6 Å². The number of ether oxygens (including phenoxy) is 2. The maximum Gasteiger partial charge on any atom is 0.170 e. The van der Waals surface area contributed by atoms with Gasteiger partial charge < -0.3 is 9.47 Å². The number of carbonyl (C=O) groups excluding carboxylic acids is 2. The van der Waals surface area contributed by atoms with E-state index in [1.54, 1.807) is 30.3 Å². The molecule has 0 spiro atoms. The van der Waals surface area contributed by atoms with E-state index in [2.05, 4.69) is 0 Å². The van der Waals surface area contributed by atoms with Crippen LogP contribution < -0.4 is 9.47 Å². The average molecular weight is 298 g/mol. The second kappa shape index (κ2) is 6.89. The summed E-state index contributed by atoms with van der Waals surface area (Å²) in [5, 5.41) is 0. The van der Waals surface area contributed by atoms with Gasteiger partial charge in [-0.3, -0.25) is 9.59 Å². The maximum absolute atomic E-state index is 12.2. The Kier molecular flexibility index (Phi) is 4.94. The second-order valence-electron chi connectivity index (χ2n) is 4.96. The van der Waals surface area contributed by atoms with Gasteiger partial charge in [-0.15, -0.1) is 0 Å². The first-order valence-corrected chi connectivity index (χ1v) is 6.90. The van der Waals surface area contributed by atoms with Gasteiger partial charge in [-0.1, -0.05) is 29.8 Å². The Morgan fingerprint density at radius 2 is 1.36 bits per heavy atom. The van der Waals surface area contributed by atoms with Crippen molar-refractivity contribution < 1.29 is 19.1 Å². The standard InChI is InChI=1S/C18H18O4/c1-12-4-6-13(7-5-12)15(19)11-16(20)14-8-9-17(21-2)18(10-14)22-3/h4-10H,11H2,1-3H3. The monoisotopic (exact) mass is 298 g/mol. The Morgan fingerprint density at radius 3 is 1.95 bits per heavy atom. The Bertz CT molecular complexity index is 687. The highest BCUT2D eigenvalue weighted by Crippen LogP contribution is 2.28. The zero-order valence-electron chi connectivity index (χ0n) is 12.9. The first kappa shape index (κ1) is 15.8. The first-order valence-electron chi connectivity index (χ1n) is 6.90. The molecule has 4 nitrogen and oxygen atoms in total. The van der Waals surface area contributed by atoms with Crippen LogP contribution >= 0.6 is 0 Å². The van der Waals surface area contributed by atoms with Gasteiger partial charge in [0, 0.05) is 11.1 Å². The van der Waals surface area contributed by atoms with E-state index in [-0.39, 0.29) is 18.0 Å². The average Bonchev–Trinajstić information content (AvgIpc) is 2.54. The number of methoxy groups -OCH3 is 2. The van der Waals surface area contributed by atoms with E-state index < -0.39 is 0 Å². The van der Waals surface area contributed by atoms with Crippen LogP contribution in [0.25, 0.3) is 0 Å². The fourth-order valence-electron chi connectivity index (χ4n) is 2.10. The van der Waals surface area contributed by atoms with Crippen molar-refractivity contribution in [1.82, 2.24) is 0 Å². The minimum absolute atomic E-state index is 0.168. The molecule has 0 aliphatic rings. The predicted octanol–water partition coefficient (Wildman–Crippen LogP) is 3.47. The molecule has 0 aromatic heterocycles. The van der Waals surface area contributed by atoms with Crippen molar-refractivity contribution in [3.05, 3.63) is 59.2 Å². The number of carbonyl (C=O) groups is 2. The molecule has 22 heavy (non-hydrogen) atoms. The second-order valence-corrected chi connectivity index (χ2v) is 4.96. The van der Waals surface area contributed by atoms with Crippen molar-refractivity contribution in [3.63, 3.8) is 0 Å². The molecule has 2 aromatic rings. The van der Waals surface area contributed by atoms with Crippen molar-refractivity contribution in [2.45, 2.75) is 13.3 Å². The van der Waals surface area contributed by atoms with E-state index in [1.165, 1.54) is 14.2 Å².